The second kappa shape index (κ2) is 17.4. The highest BCUT2D eigenvalue weighted by Crippen LogP contribution is 2.50. The van der Waals surface area contributed by atoms with Crippen molar-refractivity contribution in [2.45, 2.75) is 107 Å². The van der Waals surface area contributed by atoms with Crippen molar-refractivity contribution in [2.24, 2.45) is 10.8 Å². The van der Waals surface area contributed by atoms with Gasteiger partial charge < -0.3 is 5.73 Å². The van der Waals surface area contributed by atoms with E-state index in [-0.39, 0.29) is 10.8 Å². The van der Waals surface area contributed by atoms with Gasteiger partial charge in [-0.05, 0) is 119 Å². The maximum Gasteiger partial charge on any atom is 0.0314 e. The molecule has 1 aromatic rings. The predicted octanol–water partition coefficient (Wildman–Crippen LogP) is 13.6. The van der Waals surface area contributed by atoms with E-state index in [0.29, 0.717) is 5.92 Å². The van der Waals surface area contributed by atoms with Crippen LogP contribution < -0.4 is 5.73 Å². The molecule has 0 radical (unpaired) electrons. The lowest BCUT2D eigenvalue weighted by Crippen LogP contribution is -2.28. The Hall–Kier alpha value is -3.84. The van der Waals surface area contributed by atoms with Gasteiger partial charge in [0.15, 0.2) is 0 Å². The minimum Gasteiger partial charge on any atom is -0.399 e. The molecule has 1 heteroatoms. The Kier molecular flexibility index (Phi) is 13.9. The lowest BCUT2D eigenvalue weighted by molar-refractivity contribution is 0.315. The fourth-order valence-corrected chi connectivity index (χ4v) is 7.04. The van der Waals surface area contributed by atoms with Gasteiger partial charge >= 0.3 is 0 Å². The zero-order chi connectivity index (χ0) is 34.6. The van der Waals surface area contributed by atoms with Crippen molar-refractivity contribution < 1.29 is 0 Å². The van der Waals surface area contributed by atoms with Crippen molar-refractivity contribution in [3.8, 4) is 0 Å². The Morgan fingerprint density at radius 3 is 1.64 bits per heavy atom. The third-order valence-electron chi connectivity index (χ3n) is 10.0. The minimum atomic E-state index is 0.0651. The van der Waals surface area contributed by atoms with Crippen LogP contribution in [-0.2, 0) is 0 Å². The van der Waals surface area contributed by atoms with Gasteiger partial charge in [0.2, 0.25) is 0 Å². The molecule has 0 aromatic heterocycles. The van der Waals surface area contributed by atoms with E-state index >= 15 is 0 Å². The summed E-state index contributed by atoms with van der Waals surface area (Å²) in [6, 6.07) is 8.47. The Labute approximate surface area is 288 Å². The molecule has 47 heavy (non-hydrogen) atoms. The van der Waals surface area contributed by atoms with E-state index in [1.807, 2.05) is 12.1 Å². The van der Waals surface area contributed by atoms with E-state index in [1.54, 1.807) is 5.57 Å². The quantitative estimate of drug-likeness (QED) is 0.192. The molecule has 0 amide bonds. The summed E-state index contributed by atoms with van der Waals surface area (Å²) >= 11 is 0. The second-order valence-corrected chi connectivity index (χ2v) is 15.0. The summed E-state index contributed by atoms with van der Waals surface area (Å²) < 4.78 is 0. The van der Waals surface area contributed by atoms with Gasteiger partial charge in [-0.25, -0.2) is 0 Å². The number of benzene rings is 1. The summed E-state index contributed by atoms with van der Waals surface area (Å²) in [6.07, 6.45) is 36.8. The van der Waals surface area contributed by atoms with Crippen LogP contribution in [-0.4, -0.2) is 0 Å². The predicted molar refractivity (Wildman–Crippen MR) is 210 cm³/mol. The molecule has 1 atom stereocenters. The number of allylic oxidation sites excluding steroid dienone is 22. The second-order valence-electron chi connectivity index (χ2n) is 15.0. The van der Waals surface area contributed by atoms with Crippen LogP contribution in [0.3, 0.4) is 0 Å². The first kappa shape index (κ1) is 37.6. The van der Waals surface area contributed by atoms with Gasteiger partial charge in [0, 0.05) is 5.69 Å². The lowest BCUT2D eigenvalue weighted by atomic mass is 9.63. The summed E-state index contributed by atoms with van der Waals surface area (Å²) in [6.45, 7) is 22.7. The van der Waals surface area contributed by atoms with Gasteiger partial charge in [-0.15, -0.1) is 0 Å². The average Bonchev–Trinajstić information content (AvgIpc) is 2.99. The van der Waals surface area contributed by atoms with Gasteiger partial charge in [0.25, 0.3) is 0 Å². The molecule has 0 saturated carbocycles. The SMILES string of the molecule is CC1=C(/C=C/C(C)=C/C=C/C(C)=C/C=C/C=C(C)/C=C/C=C(C)/C=C/C2=C(C)CCC(c3ccc(N)cc3)C2(C)C)C(C)(C)CCC1. The molecule has 3 rings (SSSR count). The fraction of sp³-hybridized carbons (Fsp3) is 0.391. The minimum absolute atomic E-state index is 0.0651. The largest absolute Gasteiger partial charge is 0.399 e. The zero-order valence-corrected chi connectivity index (χ0v) is 31.1. The molecule has 1 unspecified atom stereocenters. The van der Waals surface area contributed by atoms with E-state index < -0.39 is 0 Å². The van der Waals surface area contributed by atoms with Crippen LogP contribution in [0.1, 0.15) is 113 Å². The van der Waals surface area contributed by atoms with Crippen molar-refractivity contribution in [3.05, 3.63) is 159 Å². The number of anilines is 1. The van der Waals surface area contributed by atoms with Crippen molar-refractivity contribution in [1.29, 1.82) is 0 Å². The summed E-state index contributed by atoms with van der Waals surface area (Å²) in [5.41, 5.74) is 19.5. The number of hydrogen-bond acceptors (Lipinski definition) is 1. The van der Waals surface area contributed by atoms with Crippen LogP contribution in [0.15, 0.2) is 154 Å². The molecule has 0 bridgehead atoms. The Morgan fingerprint density at radius 2 is 1.11 bits per heavy atom. The van der Waals surface area contributed by atoms with Crippen LogP contribution in [0, 0.1) is 10.8 Å². The maximum absolute atomic E-state index is 5.96. The summed E-state index contributed by atoms with van der Waals surface area (Å²) in [5.74, 6) is 0.487. The topological polar surface area (TPSA) is 26.0 Å². The number of nitrogens with two attached hydrogens (primary N) is 1. The first-order chi connectivity index (χ1) is 22.2. The molecule has 1 aromatic carbocycles. The van der Waals surface area contributed by atoms with Gasteiger partial charge in [0.1, 0.15) is 0 Å². The molecule has 250 valence electrons. The summed E-state index contributed by atoms with van der Waals surface area (Å²) in [4.78, 5) is 0. The molecule has 0 fully saturated rings. The van der Waals surface area contributed by atoms with E-state index in [0.717, 1.165) is 12.1 Å². The normalized spacial score (nSPS) is 22.0. The zero-order valence-electron chi connectivity index (χ0n) is 31.1. The van der Waals surface area contributed by atoms with Crippen molar-refractivity contribution in [3.63, 3.8) is 0 Å². The molecule has 1 nitrogen and oxygen atoms in total. The highest BCUT2D eigenvalue weighted by Gasteiger charge is 2.37. The fourth-order valence-electron chi connectivity index (χ4n) is 7.04. The molecule has 2 N–H and O–H groups in total. The first-order valence-corrected chi connectivity index (χ1v) is 17.5. The molecule has 0 spiro atoms. The van der Waals surface area contributed by atoms with Crippen molar-refractivity contribution >= 4 is 5.69 Å². The molecule has 2 aliphatic rings. The van der Waals surface area contributed by atoms with Crippen molar-refractivity contribution in [1.82, 2.24) is 0 Å². The highest BCUT2D eigenvalue weighted by atomic mass is 14.5. The standard InChI is InChI=1S/C46H61N/c1-34(18-13-20-36(3)23-30-42-38(5)22-15-33-45(42,7)8)16-11-12-17-35(2)19-14-21-37(4)24-31-43-39(6)25-32-44(46(43,9)10)40-26-28-41(47)29-27-40/h11-14,16-21,23-24,26-31,44H,15,22,25,32-33,47H2,1-10H3/b12-11+,18-13+,19-14+,30-23+,31-24+,34-16+,35-17+,36-20+,37-21+. The molecular formula is C46H61N. The van der Waals surface area contributed by atoms with Crippen LogP contribution in [0.4, 0.5) is 5.69 Å². The third-order valence-corrected chi connectivity index (χ3v) is 10.0. The van der Waals surface area contributed by atoms with E-state index in [4.69, 9.17) is 5.73 Å². The first-order valence-electron chi connectivity index (χ1n) is 17.5. The van der Waals surface area contributed by atoms with Gasteiger partial charge in [-0.3, -0.25) is 0 Å². The van der Waals surface area contributed by atoms with Crippen LogP contribution in [0.25, 0.3) is 0 Å². The molecule has 0 heterocycles. The van der Waals surface area contributed by atoms with E-state index in [1.165, 1.54) is 70.3 Å². The number of hydrogen-bond donors (Lipinski definition) is 1. The third kappa shape index (κ3) is 11.4. The van der Waals surface area contributed by atoms with Gasteiger partial charge in [-0.2, -0.15) is 0 Å². The monoisotopic (exact) mass is 627 g/mol. The number of rotatable bonds is 11. The molecule has 0 saturated heterocycles. The maximum atomic E-state index is 5.96. The Balaban J connectivity index is 1.54. The summed E-state index contributed by atoms with van der Waals surface area (Å²) in [7, 11) is 0. The molecular weight excluding hydrogens is 567 g/mol. The van der Waals surface area contributed by atoms with E-state index in [2.05, 4.69) is 166 Å². The Morgan fingerprint density at radius 1 is 0.638 bits per heavy atom. The molecule has 0 aliphatic heterocycles. The van der Waals surface area contributed by atoms with Gasteiger partial charge in [0.05, 0.1) is 0 Å². The van der Waals surface area contributed by atoms with E-state index in [9.17, 15) is 0 Å². The average molecular weight is 628 g/mol. The highest BCUT2D eigenvalue weighted by molar-refractivity contribution is 5.45. The van der Waals surface area contributed by atoms with Crippen LogP contribution in [0.5, 0.6) is 0 Å². The van der Waals surface area contributed by atoms with Gasteiger partial charge in [-0.1, -0.05) is 158 Å². The summed E-state index contributed by atoms with van der Waals surface area (Å²) in [5, 5.41) is 0. The Bertz CT molecular complexity index is 1580. The smallest absolute Gasteiger partial charge is 0.0314 e. The molecule has 2 aliphatic carbocycles. The number of nitrogen functional groups attached to an aromatic ring is 1. The van der Waals surface area contributed by atoms with Crippen LogP contribution in [0.2, 0.25) is 0 Å². The van der Waals surface area contributed by atoms with Crippen molar-refractivity contribution in [2.75, 3.05) is 5.73 Å². The lowest BCUT2D eigenvalue weighted by Gasteiger charge is -2.41. The van der Waals surface area contributed by atoms with Crippen LogP contribution >= 0.6 is 0 Å².